The molecule has 0 radical (unpaired) electrons. The van der Waals surface area contributed by atoms with Crippen molar-refractivity contribution in [2.45, 2.75) is 4.90 Å². The molecule has 6 nitrogen and oxygen atoms in total. The summed E-state index contributed by atoms with van der Waals surface area (Å²) in [5, 5.41) is 10.4. The first-order valence-corrected chi connectivity index (χ1v) is 7.51. The fourth-order valence-corrected chi connectivity index (χ4v) is 2.35. The second-order valence-electron chi connectivity index (χ2n) is 4.21. The maximum absolute atomic E-state index is 13.3. The average Bonchev–Trinajstić information content (AvgIpc) is 3.00. The second kappa shape index (κ2) is 8.14. The summed E-state index contributed by atoms with van der Waals surface area (Å²) in [6, 6.07) is 8.89. The quantitative estimate of drug-likeness (QED) is 0.191. The number of halogens is 1. The summed E-state index contributed by atoms with van der Waals surface area (Å²) < 4.78 is 23.1. The van der Waals surface area contributed by atoms with E-state index in [9.17, 15) is 19.3 Å². The highest BCUT2D eigenvalue weighted by atomic mass is 32.2. The van der Waals surface area contributed by atoms with Gasteiger partial charge in [-0.1, -0.05) is 12.1 Å². The van der Waals surface area contributed by atoms with Gasteiger partial charge in [0.25, 0.3) is 0 Å². The van der Waals surface area contributed by atoms with Crippen molar-refractivity contribution in [2.24, 2.45) is 0 Å². The Balaban J connectivity index is 1.73. The number of carbonyl (C=O) groups is 1. The van der Waals surface area contributed by atoms with Crippen LogP contribution in [0.5, 0.6) is 0 Å². The number of furan rings is 1. The standard InChI is InChI=1S/C15H12FNO5S/c16-12-3-1-2-4-13(12)23-10-9-21-15(18)8-6-11-5-7-14(22-11)17(19)20/h1-8H,9-10H2/b8-6+. The third-order valence-corrected chi connectivity index (χ3v) is 3.61. The summed E-state index contributed by atoms with van der Waals surface area (Å²) in [4.78, 5) is 21.7. The summed E-state index contributed by atoms with van der Waals surface area (Å²) in [5.74, 6) is -0.748. The van der Waals surface area contributed by atoms with Crippen molar-refractivity contribution in [1.29, 1.82) is 0 Å². The Morgan fingerprint density at radius 3 is 2.83 bits per heavy atom. The highest BCUT2D eigenvalue weighted by Gasteiger charge is 2.10. The zero-order valence-corrected chi connectivity index (χ0v) is 12.6. The van der Waals surface area contributed by atoms with Crippen LogP contribution in [0.4, 0.5) is 10.3 Å². The molecule has 2 rings (SSSR count). The maximum atomic E-state index is 13.3. The van der Waals surface area contributed by atoms with Gasteiger partial charge in [-0.2, -0.15) is 0 Å². The number of rotatable bonds is 7. The van der Waals surface area contributed by atoms with Gasteiger partial charge in [0.05, 0.1) is 6.07 Å². The lowest BCUT2D eigenvalue weighted by Crippen LogP contribution is -2.04. The SMILES string of the molecule is O=C(/C=C/c1ccc([N+](=O)[O-])o1)OCCSc1ccccc1F. The number of ether oxygens (including phenoxy) is 1. The first kappa shape index (κ1) is 16.8. The molecule has 1 aromatic heterocycles. The molecule has 120 valence electrons. The molecular weight excluding hydrogens is 325 g/mol. The lowest BCUT2D eigenvalue weighted by atomic mass is 10.3. The average molecular weight is 337 g/mol. The predicted octanol–water partition coefficient (Wildman–Crippen LogP) is 3.68. The van der Waals surface area contributed by atoms with Crippen molar-refractivity contribution in [3.05, 3.63) is 64.2 Å². The van der Waals surface area contributed by atoms with Gasteiger partial charge in [-0.25, -0.2) is 9.18 Å². The van der Waals surface area contributed by atoms with Crippen LogP contribution >= 0.6 is 11.8 Å². The second-order valence-corrected chi connectivity index (χ2v) is 5.35. The van der Waals surface area contributed by atoms with Crippen molar-refractivity contribution in [3.63, 3.8) is 0 Å². The molecule has 0 saturated heterocycles. The molecule has 2 aromatic rings. The molecule has 0 bridgehead atoms. The normalized spacial score (nSPS) is 10.8. The predicted molar refractivity (Wildman–Crippen MR) is 82.5 cm³/mol. The number of thioether (sulfide) groups is 1. The van der Waals surface area contributed by atoms with Gasteiger partial charge in [0.2, 0.25) is 0 Å². The van der Waals surface area contributed by atoms with E-state index in [1.807, 2.05) is 0 Å². The van der Waals surface area contributed by atoms with Crippen LogP contribution in [-0.2, 0) is 9.53 Å². The number of carbonyl (C=O) groups excluding carboxylic acids is 1. The van der Waals surface area contributed by atoms with Crippen LogP contribution < -0.4 is 0 Å². The molecule has 8 heteroatoms. The molecule has 0 N–H and O–H groups in total. The zero-order valence-electron chi connectivity index (χ0n) is 11.8. The van der Waals surface area contributed by atoms with Gasteiger partial charge in [-0.3, -0.25) is 10.1 Å². The van der Waals surface area contributed by atoms with E-state index in [0.717, 1.165) is 6.08 Å². The van der Waals surface area contributed by atoms with Gasteiger partial charge in [0, 0.05) is 16.7 Å². The van der Waals surface area contributed by atoms with Crippen molar-refractivity contribution < 1.29 is 23.3 Å². The molecule has 23 heavy (non-hydrogen) atoms. The summed E-state index contributed by atoms with van der Waals surface area (Å²) in [6.07, 6.45) is 2.38. The molecule has 0 spiro atoms. The Kier molecular flexibility index (Phi) is 5.93. The van der Waals surface area contributed by atoms with Crippen LogP contribution in [0.2, 0.25) is 0 Å². The topological polar surface area (TPSA) is 82.6 Å². The monoisotopic (exact) mass is 337 g/mol. The van der Waals surface area contributed by atoms with Gasteiger partial charge < -0.3 is 9.15 Å². The van der Waals surface area contributed by atoms with Crippen LogP contribution in [0, 0.1) is 15.9 Å². The van der Waals surface area contributed by atoms with Gasteiger partial charge in [0.15, 0.2) is 0 Å². The molecule has 1 aromatic carbocycles. The molecule has 0 unspecified atom stereocenters. The van der Waals surface area contributed by atoms with E-state index in [-0.39, 0.29) is 18.2 Å². The highest BCUT2D eigenvalue weighted by Crippen LogP contribution is 2.20. The molecule has 1 heterocycles. The van der Waals surface area contributed by atoms with Crippen LogP contribution in [0.25, 0.3) is 6.08 Å². The fourth-order valence-electron chi connectivity index (χ4n) is 1.58. The van der Waals surface area contributed by atoms with Crippen LogP contribution in [-0.4, -0.2) is 23.3 Å². The fraction of sp³-hybridized carbons (Fsp3) is 0.133. The number of nitrogens with zero attached hydrogens (tertiary/aromatic N) is 1. The third kappa shape index (κ3) is 5.26. The summed E-state index contributed by atoms with van der Waals surface area (Å²) in [6.45, 7) is 0.112. The molecule has 0 aliphatic carbocycles. The van der Waals surface area contributed by atoms with E-state index in [1.165, 1.54) is 36.0 Å². The number of hydrogen-bond donors (Lipinski definition) is 0. The van der Waals surface area contributed by atoms with E-state index in [2.05, 4.69) is 0 Å². The van der Waals surface area contributed by atoms with Crippen LogP contribution in [0.3, 0.4) is 0 Å². The van der Waals surface area contributed by atoms with Gasteiger partial charge >= 0.3 is 11.9 Å². The number of benzene rings is 1. The van der Waals surface area contributed by atoms with E-state index < -0.39 is 16.8 Å². The lowest BCUT2D eigenvalue weighted by Gasteiger charge is -2.03. The van der Waals surface area contributed by atoms with Gasteiger partial charge in [0.1, 0.15) is 23.1 Å². The first-order chi connectivity index (χ1) is 11.1. The number of nitro groups is 1. The van der Waals surface area contributed by atoms with Gasteiger partial charge in [-0.15, -0.1) is 11.8 Å². The Morgan fingerprint density at radius 1 is 1.35 bits per heavy atom. The maximum Gasteiger partial charge on any atom is 0.433 e. The molecule has 0 fully saturated rings. The summed E-state index contributed by atoms with van der Waals surface area (Å²) in [5.41, 5.74) is 0. The Labute approximate surface area is 135 Å². The smallest absolute Gasteiger partial charge is 0.433 e. The van der Waals surface area contributed by atoms with E-state index in [4.69, 9.17) is 9.15 Å². The molecule has 0 aliphatic rings. The molecule has 0 aliphatic heterocycles. The lowest BCUT2D eigenvalue weighted by molar-refractivity contribution is -0.402. The minimum atomic E-state index is -0.671. The van der Waals surface area contributed by atoms with Crippen LogP contribution in [0.1, 0.15) is 5.76 Å². The Bertz CT molecular complexity index is 728. The van der Waals surface area contributed by atoms with Crippen molar-refractivity contribution >= 4 is 29.7 Å². The summed E-state index contributed by atoms with van der Waals surface area (Å²) in [7, 11) is 0. The van der Waals surface area contributed by atoms with Crippen molar-refractivity contribution in [2.75, 3.05) is 12.4 Å². The van der Waals surface area contributed by atoms with E-state index in [1.54, 1.807) is 18.2 Å². The molecule has 0 saturated carbocycles. The third-order valence-electron chi connectivity index (χ3n) is 2.60. The molecule has 0 atom stereocenters. The number of esters is 1. The Hall–Kier alpha value is -2.61. The highest BCUT2D eigenvalue weighted by molar-refractivity contribution is 7.99. The minimum Gasteiger partial charge on any atom is -0.462 e. The van der Waals surface area contributed by atoms with Gasteiger partial charge in [-0.05, 0) is 24.3 Å². The van der Waals surface area contributed by atoms with Crippen molar-refractivity contribution in [1.82, 2.24) is 0 Å². The van der Waals surface area contributed by atoms with E-state index >= 15 is 0 Å². The molecule has 0 amide bonds. The number of hydrogen-bond acceptors (Lipinski definition) is 6. The van der Waals surface area contributed by atoms with E-state index in [0.29, 0.717) is 10.6 Å². The first-order valence-electron chi connectivity index (χ1n) is 6.52. The van der Waals surface area contributed by atoms with Crippen LogP contribution in [0.15, 0.2) is 51.8 Å². The minimum absolute atomic E-state index is 0.112. The summed E-state index contributed by atoms with van der Waals surface area (Å²) >= 11 is 1.24. The largest absolute Gasteiger partial charge is 0.462 e. The Morgan fingerprint density at radius 2 is 2.13 bits per heavy atom. The zero-order chi connectivity index (χ0) is 16.7. The molecular formula is C15H12FNO5S. The van der Waals surface area contributed by atoms with Crippen molar-refractivity contribution in [3.8, 4) is 0 Å².